The number of esters is 4. The molecule has 2 unspecified atom stereocenters. The van der Waals surface area contributed by atoms with Crippen molar-refractivity contribution in [2.24, 2.45) is 0 Å². The van der Waals surface area contributed by atoms with Gasteiger partial charge in [-0.1, -0.05) is 373 Å². The highest BCUT2D eigenvalue weighted by molar-refractivity contribution is 7.47. The van der Waals surface area contributed by atoms with Crippen molar-refractivity contribution in [3.8, 4) is 0 Å². The van der Waals surface area contributed by atoms with Crippen molar-refractivity contribution in [2.75, 3.05) is 39.6 Å². The van der Waals surface area contributed by atoms with E-state index in [0.717, 1.165) is 116 Å². The zero-order chi connectivity index (χ0) is 74.6. The summed E-state index contributed by atoms with van der Waals surface area (Å²) in [5, 5.41) is 10.6. The number of carbonyl (C=O) groups is 4. The summed E-state index contributed by atoms with van der Waals surface area (Å²) in [6.45, 7) is 4.92. The van der Waals surface area contributed by atoms with Crippen LogP contribution in [-0.4, -0.2) is 96.7 Å². The Bertz CT molecular complexity index is 2020. The van der Waals surface area contributed by atoms with Crippen molar-refractivity contribution >= 4 is 39.5 Å². The van der Waals surface area contributed by atoms with Gasteiger partial charge in [0.2, 0.25) is 0 Å². The molecular formula is C83H158O17P2. The molecule has 17 nitrogen and oxygen atoms in total. The van der Waals surface area contributed by atoms with Crippen molar-refractivity contribution < 1.29 is 80.2 Å². The van der Waals surface area contributed by atoms with E-state index in [9.17, 15) is 43.2 Å². The molecule has 3 N–H and O–H groups in total. The van der Waals surface area contributed by atoms with Crippen molar-refractivity contribution in [2.45, 2.75) is 444 Å². The van der Waals surface area contributed by atoms with E-state index < -0.39 is 97.5 Å². The Kier molecular flexibility index (Phi) is 74.9. The minimum atomic E-state index is -4.97. The van der Waals surface area contributed by atoms with Gasteiger partial charge in [-0.05, 0) is 51.4 Å². The number of carbonyl (C=O) groups excluding carboxylic acids is 4. The summed E-state index contributed by atoms with van der Waals surface area (Å²) in [5.41, 5.74) is 0. The third-order valence-electron chi connectivity index (χ3n) is 19.0. The molecule has 0 radical (unpaired) electrons. The van der Waals surface area contributed by atoms with E-state index >= 15 is 0 Å². The highest BCUT2D eigenvalue weighted by atomic mass is 31.2. The molecule has 5 atom stereocenters. The molecule has 0 saturated carbocycles. The van der Waals surface area contributed by atoms with Crippen LogP contribution >= 0.6 is 15.6 Å². The van der Waals surface area contributed by atoms with E-state index in [2.05, 4.69) is 52.0 Å². The quantitative estimate of drug-likeness (QED) is 0.0169. The van der Waals surface area contributed by atoms with Gasteiger partial charge in [0, 0.05) is 25.7 Å². The molecule has 0 fully saturated rings. The predicted molar refractivity (Wildman–Crippen MR) is 418 cm³/mol. The van der Waals surface area contributed by atoms with Gasteiger partial charge in [0.15, 0.2) is 12.2 Å². The lowest BCUT2D eigenvalue weighted by atomic mass is 10.0. The van der Waals surface area contributed by atoms with E-state index in [4.69, 9.17) is 37.0 Å². The van der Waals surface area contributed by atoms with Gasteiger partial charge in [0.05, 0.1) is 26.4 Å². The number of ether oxygens (including phenoxy) is 4. The molecule has 602 valence electrons. The van der Waals surface area contributed by atoms with Crippen LogP contribution in [0.3, 0.4) is 0 Å². The first-order chi connectivity index (χ1) is 49.7. The fourth-order valence-corrected chi connectivity index (χ4v) is 14.0. The first-order valence-corrected chi connectivity index (χ1v) is 45.6. The Hall–Kier alpha value is -2.46. The maximum Gasteiger partial charge on any atom is 0.472 e. The van der Waals surface area contributed by atoms with Gasteiger partial charge in [0.1, 0.15) is 19.3 Å². The van der Waals surface area contributed by atoms with Gasteiger partial charge in [-0.3, -0.25) is 37.3 Å². The zero-order valence-electron chi connectivity index (χ0n) is 66.1. The maximum atomic E-state index is 13.1. The van der Waals surface area contributed by atoms with Crippen LogP contribution in [0.2, 0.25) is 0 Å². The molecular weight excluding hydrogens is 1330 g/mol. The number of hydrogen-bond acceptors (Lipinski definition) is 15. The van der Waals surface area contributed by atoms with Crippen LogP contribution in [0.1, 0.15) is 426 Å². The molecule has 0 aliphatic heterocycles. The molecule has 0 aliphatic carbocycles. The normalized spacial score (nSPS) is 13.9. The van der Waals surface area contributed by atoms with Gasteiger partial charge in [-0.2, -0.15) is 0 Å². The molecule has 0 aromatic rings. The molecule has 0 spiro atoms. The molecule has 19 heteroatoms. The third-order valence-corrected chi connectivity index (χ3v) is 20.9. The molecule has 0 aliphatic rings. The van der Waals surface area contributed by atoms with Crippen molar-refractivity contribution in [3.63, 3.8) is 0 Å². The van der Waals surface area contributed by atoms with Gasteiger partial charge in [-0.25, -0.2) is 9.13 Å². The van der Waals surface area contributed by atoms with E-state index in [0.29, 0.717) is 25.7 Å². The Morgan fingerprint density at radius 2 is 0.471 bits per heavy atom. The number of allylic oxidation sites excluding steroid dienone is 4. The second-order valence-electron chi connectivity index (χ2n) is 29.2. The van der Waals surface area contributed by atoms with Crippen LogP contribution < -0.4 is 0 Å². The zero-order valence-corrected chi connectivity index (χ0v) is 67.9. The molecule has 102 heavy (non-hydrogen) atoms. The average molecular weight is 1490 g/mol. The number of rotatable bonds is 82. The first kappa shape index (κ1) is 99.5. The summed E-state index contributed by atoms with van der Waals surface area (Å²) < 4.78 is 68.6. The summed E-state index contributed by atoms with van der Waals surface area (Å²) in [5.74, 6) is -2.14. The maximum absolute atomic E-state index is 13.1. The summed E-state index contributed by atoms with van der Waals surface area (Å²) >= 11 is 0. The Labute approximate surface area is 624 Å². The summed E-state index contributed by atoms with van der Waals surface area (Å²) in [6, 6.07) is 0. The van der Waals surface area contributed by atoms with Gasteiger partial charge >= 0.3 is 39.5 Å². The topological polar surface area (TPSA) is 237 Å². The van der Waals surface area contributed by atoms with E-state index in [-0.39, 0.29) is 25.7 Å². The Morgan fingerprint density at radius 1 is 0.275 bits per heavy atom. The van der Waals surface area contributed by atoms with E-state index in [1.165, 1.54) is 231 Å². The van der Waals surface area contributed by atoms with E-state index in [1.807, 2.05) is 0 Å². The minimum absolute atomic E-state index is 0.0853. The smallest absolute Gasteiger partial charge is 0.462 e. The number of aliphatic hydroxyl groups excluding tert-OH is 1. The van der Waals surface area contributed by atoms with Crippen molar-refractivity contribution in [3.05, 3.63) is 24.3 Å². The first-order valence-electron chi connectivity index (χ1n) is 42.6. The number of phosphoric acid groups is 2. The average Bonchev–Trinajstić information content (AvgIpc) is 1.54. The molecule has 0 aromatic carbocycles. The van der Waals surface area contributed by atoms with Crippen LogP contribution in [-0.2, 0) is 65.4 Å². The molecule has 0 rings (SSSR count). The van der Waals surface area contributed by atoms with Crippen molar-refractivity contribution in [1.82, 2.24) is 0 Å². The van der Waals surface area contributed by atoms with Gasteiger partial charge in [0.25, 0.3) is 0 Å². The lowest BCUT2D eigenvalue weighted by Crippen LogP contribution is -2.30. The lowest BCUT2D eigenvalue weighted by Gasteiger charge is -2.21. The number of aliphatic hydroxyl groups is 1. The Balaban J connectivity index is 5.19. The second-order valence-corrected chi connectivity index (χ2v) is 32.1. The van der Waals surface area contributed by atoms with Crippen LogP contribution in [0, 0.1) is 0 Å². The van der Waals surface area contributed by atoms with E-state index in [1.54, 1.807) is 0 Å². The second kappa shape index (κ2) is 76.7. The van der Waals surface area contributed by atoms with Crippen molar-refractivity contribution in [1.29, 1.82) is 0 Å². The highest BCUT2D eigenvalue weighted by Gasteiger charge is 2.30. The standard InChI is InChI=1S/C83H158O17P2/c1-5-9-13-17-21-24-27-30-33-35-37-38-39-40-42-45-48-51-54-58-62-66-70-83(88)100-79(74-94-81(86)68-64-60-56-52-49-46-44-41-36-34-31-28-25-22-18-14-10-6-2)76-98-102(91,92)96-72-77(84)71-95-101(89,90)97-75-78(73-93-80(85)67-63-59-55-20-16-12-8-4)99-82(87)69-65-61-57-53-50-47-43-32-29-26-23-19-15-11-7-3/h26,29,32,43,77-79,84H,5-25,27-28,30-31,33-42,44-76H2,1-4H3,(H,89,90)(H,91,92)/b29-26-,43-32-/t77-,78+,79+/m0/s1. The predicted octanol–water partition coefficient (Wildman–Crippen LogP) is 24.9. The largest absolute Gasteiger partial charge is 0.472 e. The number of unbranched alkanes of at least 4 members (excludes halogenated alkanes) is 53. The molecule has 0 heterocycles. The number of hydrogen-bond donors (Lipinski definition) is 3. The van der Waals surface area contributed by atoms with Crippen LogP contribution in [0.15, 0.2) is 24.3 Å². The highest BCUT2D eigenvalue weighted by Crippen LogP contribution is 2.45. The van der Waals surface area contributed by atoms with Gasteiger partial charge in [-0.15, -0.1) is 0 Å². The summed E-state index contributed by atoms with van der Waals surface area (Å²) in [7, 11) is -9.93. The fraction of sp³-hybridized carbons (Fsp3) is 0.904. The van der Waals surface area contributed by atoms with Crippen LogP contribution in [0.5, 0.6) is 0 Å². The summed E-state index contributed by atoms with van der Waals surface area (Å²) in [4.78, 5) is 72.9. The molecule has 0 amide bonds. The fourth-order valence-electron chi connectivity index (χ4n) is 12.5. The molecule has 0 aromatic heterocycles. The van der Waals surface area contributed by atoms with Crippen LogP contribution in [0.4, 0.5) is 0 Å². The number of phosphoric ester groups is 2. The summed E-state index contributed by atoms with van der Waals surface area (Å²) in [6.07, 6.45) is 73.3. The van der Waals surface area contributed by atoms with Crippen LogP contribution in [0.25, 0.3) is 0 Å². The monoisotopic (exact) mass is 1490 g/mol. The SMILES string of the molecule is CCCCCC/C=C\C=C/CCCCCCCC(=O)O[C@H](COC(=O)CCCCCCCCC)COP(=O)(O)OC[C@H](O)COP(=O)(O)OC[C@@H](COC(=O)CCCCCCCCCCCCCCCCCCCC)OC(=O)CCCCCCCCCCCCCCCCCCCCCCCC. The molecule has 0 saturated heterocycles. The third kappa shape index (κ3) is 75.8. The minimum Gasteiger partial charge on any atom is -0.462 e. The lowest BCUT2D eigenvalue weighted by molar-refractivity contribution is -0.161. The molecule has 0 bridgehead atoms. The Morgan fingerprint density at radius 3 is 0.716 bits per heavy atom. The van der Waals surface area contributed by atoms with Gasteiger partial charge < -0.3 is 33.8 Å².